The Morgan fingerprint density at radius 3 is 2.55 bits per heavy atom. The maximum Gasteiger partial charge on any atom is 0.304 e. The van der Waals surface area contributed by atoms with Crippen LogP contribution >= 0.6 is 0 Å². The molecule has 0 saturated carbocycles. The predicted octanol–water partition coefficient (Wildman–Crippen LogP) is 2.06. The van der Waals surface area contributed by atoms with Crippen LogP contribution in [-0.2, 0) is 11.3 Å². The SMILES string of the molecule is CCOc1cc(CN(C)CCC(=O)O)ccc1N(C)C. The van der Waals surface area contributed by atoms with Crippen molar-refractivity contribution in [3.05, 3.63) is 23.8 Å². The second-order valence-corrected chi connectivity index (χ2v) is 5.01. The molecule has 0 spiro atoms. The first kappa shape index (κ1) is 16.3. The summed E-state index contributed by atoms with van der Waals surface area (Å²) in [6.07, 6.45) is 0.157. The van der Waals surface area contributed by atoms with Crippen molar-refractivity contribution >= 4 is 11.7 Å². The summed E-state index contributed by atoms with van der Waals surface area (Å²) in [4.78, 5) is 14.6. The summed E-state index contributed by atoms with van der Waals surface area (Å²) < 4.78 is 5.66. The van der Waals surface area contributed by atoms with Crippen LogP contribution in [0, 0.1) is 0 Å². The zero-order valence-corrected chi connectivity index (χ0v) is 12.7. The smallest absolute Gasteiger partial charge is 0.304 e. The number of rotatable bonds is 8. The Kier molecular flexibility index (Phi) is 6.31. The van der Waals surface area contributed by atoms with Gasteiger partial charge in [0.25, 0.3) is 0 Å². The maximum atomic E-state index is 10.6. The summed E-state index contributed by atoms with van der Waals surface area (Å²) in [5, 5.41) is 8.69. The minimum Gasteiger partial charge on any atom is -0.492 e. The Morgan fingerprint density at radius 1 is 1.30 bits per heavy atom. The highest BCUT2D eigenvalue weighted by Crippen LogP contribution is 2.28. The molecule has 0 bridgehead atoms. The Bertz CT molecular complexity index is 447. The predicted molar refractivity (Wildman–Crippen MR) is 80.5 cm³/mol. The molecule has 1 rings (SSSR count). The number of ether oxygens (including phenoxy) is 1. The van der Waals surface area contributed by atoms with Gasteiger partial charge in [-0.2, -0.15) is 0 Å². The van der Waals surface area contributed by atoms with Gasteiger partial charge in [-0.25, -0.2) is 0 Å². The van der Waals surface area contributed by atoms with Gasteiger partial charge in [0.2, 0.25) is 0 Å². The van der Waals surface area contributed by atoms with Gasteiger partial charge in [-0.15, -0.1) is 0 Å². The van der Waals surface area contributed by atoms with Crippen LogP contribution in [0.2, 0.25) is 0 Å². The lowest BCUT2D eigenvalue weighted by atomic mass is 10.1. The van der Waals surface area contributed by atoms with Crippen LogP contribution < -0.4 is 9.64 Å². The lowest BCUT2D eigenvalue weighted by molar-refractivity contribution is -0.137. The quantitative estimate of drug-likeness (QED) is 0.790. The molecule has 0 saturated heterocycles. The first-order valence-electron chi connectivity index (χ1n) is 6.77. The molecule has 0 aliphatic carbocycles. The molecule has 0 radical (unpaired) electrons. The molecule has 1 aromatic rings. The number of benzene rings is 1. The van der Waals surface area contributed by atoms with Crippen molar-refractivity contribution in [2.24, 2.45) is 0 Å². The Morgan fingerprint density at radius 2 is 2.00 bits per heavy atom. The topological polar surface area (TPSA) is 53.0 Å². The van der Waals surface area contributed by atoms with E-state index in [-0.39, 0.29) is 6.42 Å². The highest BCUT2D eigenvalue weighted by atomic mass is 16.5. The van der Waals surface area contributed by atoms with E-state index in [1.54, 1.807) is 0 Å². The van der Waals surface area contributed by atoms with Crippen LogP contribution in [-0.4, -0.2) is 50.3 Å². The van der Waals surface area contributed by atoms with Crippen LogP contribution in [0.15, 0.2) is 18.2 Å². The van der Waals surface area contributed by atoms with Crippen LogP contribution in [0.4, 0.5) is 5.69 Å². The minimum atomic E-state index is -0.769. The van der Waals surface area contributed by atoms with Crippen molar-refractivity contribution < 1.29 is 14.6 Å². The van der Waals surface area contributed by atoms with Crippen LogP contribution in [0.3, 0.4) is 0 Å². The molecule has 5 nitrogen and oxygen atoms in total. The Balaban J connectivity index is 2.75. The first-order chi connectivity index (χ1) is 9.43. The molecule has 112 valence electrons. The molecule has 0 aliphatic heterocycles. The van der Waals surface area contributed by atoms with E-state index in [9.17, 15) is 4.79 Å². The van der Waals surface area contributed by atoms with Gasteiger partial charge in [-0.05, 0) is 31.7 Å². The molecule has 0 amide bonds. The average Bonchev–Trinajstić information content (AvgIpc) is 2.36. The van der Waals surface area contributed by atoms with E-state index in [1.165, 1.54) is 0 Å². The Hall–Kier alpha value is -1.75. The first-order valence-corrected chi connectivity index (χ1v) is 6.77. The third kappa shape index (κ3) is 5.09. The van der Waals surface area contributed by atoms with E-state index in [1.807, 2.05) is 50.0 Å². The molecule has 0 atom stereocenters. The number of aliphatic carboxylic acids is 1. The van der Waals surface area contributed by atoms with Gasteiger partial charge in [0.1, 0.15) is 5.75 Å². The van der Waals surface area contributed by atoms with Crippen molar-refractivity contribution in [1.29, 1.82) is 0 Å². The second-order valence-electron chi connectivity index (χ2n) is 5.01. The summed E-state index contributed by atoms with van der Waals surface area (Å²) >= 11 is 0. The number of carboxylic acid groups (broad SMARTS) is 1. The molecule has 0 aromatic heterocycles. The van der Waals surface area contributed by atoms with Crippen LogP contribution in [0.25, 0.3) is 0 Å². The summed E-state index contributed by atoms with van der Waals surface area (Å²) in [6, 6.07) is 6.11. The lowest BCUT2D eigenvalue weighted by Crippen LogP contribution is -2.21. The molecule has 20 heavy (non-hydrogen) atoms. The molecule has 1 aromatic carbocycles. The third-order valence-electron chi connectivity index (χ3n) is 2.97. The molecule has 0 aliphatic rings. The van der Waals surface area contributed by atoms with E-state index in [0.717, 1.165) is 17.0 Å². The van der Waals surface area contributed by atoms with Gasteiger partial charge in [0.05, 0.1) is 18.7 Å². The van der Waals surface area contributed by atoms with Gasteiger partial charge in [-0.1, -0.05) is 6.07 Å². The summed E-state index contributed by atoms with van der Waals surface area (Å²) in [5.74, 6) is 0.0939. The van der Waals surface area contributed by atoms with Gasteiger partial charge in [0.15, 0.2) is 0 Å². The van der Waals surface area contributed by atoms with E-state index >= 15 is 0 Å². The summed E-state index contributed by atoms with van der Waals surface area (Å²) in [7, 11) is 5.89. The van der Waals surface area contributed by atoms with Crippen molar-refractivity contribution in [2.75, 3.05) is 39.2 Å². The number of carboxylic acids is 1. The standard InChI is InChI=1S/C15H24N2O3/c1-5-20-14-10-12(6-7-13(14)16(2)3)11-17(4)9-8-15(18)19/h6-7,10H,5,8-9,11H2,1-4H3,(H,18,19). The monoisotopic (exact) mass is 280 g/mol. The molecule has 0 heterocycles. The number of hydrogen-bond donors (Lipinski definition) is 1. The number of carbonyl (C=O) groups is 1. The van der Waals surface area contributed by atoms with Crippen LogP contribution in [0.5, 0.6) is 5.75 Å². The zero-order chi connectivity index (χ0) is 15.1. The van der Waals surface area contributed by atoms with Crippen molar-refractivity contribution in [3.8, 4) is 5.75 Å². The largest absolute Gasteiger partial charge is 0.492 e. The van der Waals surface area contributed by atoms with Gasteiger partial charge >= 0.3 is 5.97 Å². The molecular weight excluding hydrogens is 256 g/mol. The normalized spacial score (nSPS) is 10.7. The summed E-state index contributed by atoms with van der Waals surface area (Å²) in [5.41, 5.74) is 2.16. The van der Waals surface area contributed by atoms with Gasteiger partial charge < -0.3 is 19.6 Å². The van der Waals surface area contributed by atoms with E-state index in [0.29, 0.717) is 19.7 Å². The molecular formula is C15H24N2O3. The zero-order valence-electron chi connectivity index (χ0n) is 12.7. The number of nitrogens with zero attached hydrogens (tertiary/aromatic N) is 2. The fourth-order valence-corrected chi connectivity index (χ4v) is 1.97. The molecule has 0 fully saturated rings. The highest BCUT2D eigenvalue weighted by molar-refractivity contribution is 5.66. The minimum absolute atomic E-state index is 0.157. The number of hydrogen-bond acceptors (Lipinski definition) is 4. The third-order valence-corrected chi connectivity index (χ3v) is 2.97. The Labute approximate surface area is 120 Å². The maximum absolute atomic E-state index is 10.6. The van der Waals surface area contributed by atoms with E-state index in [2.05, 4.69) is 6.07 Å². The van der Waals surface area contributed by atoms with Crippen molar-refractivity contribution in [1.82, 2.24) is 4.90 Å². The van der Waals surface area contributed by atoms with Gasteiger partial charge in [-0.3, -0.25) is 4.79 Å². The highest BCUT2D eigenvalue weighted by Gasteiger charge is 2.09. The van der Waals surface area contributed by atoms with Crippen LogP contribution in [0.1, 0.15) is 18.9 Å². The fourth-order valence-electron chi connectivity index (χ4n) is 1.97. The average molecular weight is 280 g/mol. The fraction of sp³-hybridized carbons (Fsp3) is 0.533. The molecule has 5 heteroatoms. The van der Waals surface area contributed by atoms with Gasteiger partial charge in [0, 0.05) is 27.2 Å². The second kappa shape index (κ2) is 7.75. The van der Waals surface area contributed by atoms with E-state index in [4.69, 9.17) is 9.84 Å². The molecule has 1 N–H and O–H groups in total. The van der Waals surface area contributed by atoms with E-state index < -0.39 is 5.97 Å². The van der Waals surface area contributed by atoms with Crippen molar-refractivity contribution in [2.45, 2.75) is 19.9 Å². The summed E-state index contributed by atoms with van der Waals surface area (Å²) in [6.45, 7) is 3.83. The lowest BCUT2D eigenvalue weighted by Gasteiger charge is -2.20. The number of anilines is 1. The van der Waals surface area contributed by atoms with Crippen molar-refractivity contribution in [3.63, 3.8) is 0 Å². The molecule has 0 unspecified atom stereocenters.